The van der Waals surface area contributed by atoms with E-state index in [-0.39, 0.29) is 88.5 Å². The number of aliphatic hydroxyl groups is 1. The molecule has 27 nitrogen and oxygen atoms in total. The summed E-state index contributed by atoms with van der Waals surface area (Å²) in [6.45, 7) is 6.30. The van der Waals surface area contributed by atoms with Gasteiger partial charge in [-0.2, -0.15) is 0 Å². The molecule has 9 amide bonds. The molecule has 11 unspecified atom stereocenters. The van der Waals surface area contributed by atoms with E-state index in [0.29, 0.717) is 76.3 Å². The molecule has 84 heavy (non-hydrogen) atoms. The van der Waals surface area contributed by atoms with Gasteiger partial charge in [0, 0.05) is 17.9 Å². The largest absolute Gasteiger partial charge is 0.480 e. The van der Waals surface area contributed by atoms with Crippen molar-refractivity contribution in [2.24, 2.45) is 40.3 Å². The molecule has 1 aromatic rings. The van der Waals surface area contributed by atoms with Crippen LogP contribution in [0.5, 0.6) is 0 Å². The van der Waals surface area contributed by atoms with Crippen LogP contribution < -0.4 is 82.3 Å². The lowest BCUT2D eigenvalue weighted by Gasteiger charge is -2.29. The van der Waals surface area contributed by atoms with Crippen molar-refractivity contribution in [3.8, 4) is 0 Å². The van der Waals surface area contributed by atoms with E-state index in [2.05, 4.69) is 47.9 Å². The van der Waals surface area contributed by atoms with Crippen LogP contribution in [0.4, 0.5) is 0 Å². The minimum Gasteiger partial charge on any atom is -0.480 e. The Hall–Kier alpha value is -5.66. The quantitative estimate of drug-likeness (QED) is 0.0261. The average molecular weight is 1220 g/mol. The Kier molecular flexibility index (Phi) is 37.4. The molecule has 1 saturated heterocycles. The average Bonchev–Trinajstić information content (AvgIpc) is 3.67. The van der Waals surface area contributed by atoms with Gasteiger partial charge in [-0.15, -0.1) is 0 Å². The number of nitrogens with one attached hydrogen (secondary N) is 9. The second-order valence-electron chi connectivity index (χ2n) is 21.5. The van der Waals surface area contributed by atoms with E-state index < -0.39 is 126 Å². The molecule has 29 heteroatoms. The topological polar surface area (TPSA) is 476 Å². The van der Waals surface area contributed by atoms with Crippen molar-refractivity contribution in [3.63, 3.8) is 0 Å². The molecule has 0 aromatic heterocycles. The number of aliphatic carboxylic acids is 1. The lowest BCUT2D eigenvalue weighted by molar-refractivity contribution is -0.141. The summed E-state index contributed by atoms with van der Waals surface area (Å²) < 4.78 is 0. The standard InChI is InChI=1S/C55H97N15O12S2/c1-33(2)29-41-51(77)63-37(20-8-13-25-57)47(73)62-39(22-10-15-27-59)50(76)69-44(55(81)82)32-84-83-31-43(53(79)64-38(21-9-14-26-58)48(74)67-42(52(78)66-41)30-35-17-5-4-6-18-35)68-49(75)40(23-11-16-28-60)65-54(80)45(34(3)71)70-46(72)36(61)19-7-12-24-56/h4-6,17-18,33-34,36-45,71H,7-16,19-32,56-61H2,1-3H3,(H,62,73)(H,63,77)(H,64,79)(H,65,80)(H,66,78)(H,67,74)(H,68,75)(H,69,76)(H,70,72)(H,81,82). The first-order chi connectivity index (χ1) is 40.1. The number of aliphatic hydroxyl groups excluding tert-OH is 1. The van der Waals surface area contributed by atoms with Crippen molar-refractivity contribution in [2.75, 3.05) is 44.2 Å². The van der Waals surface area contributed by atoms with Crippen LogP contribution in [-0.4, -0.2) is 180 Å². The highest BCUT2D eigenvalue weighted by Crippen LogP contribution is 2.24. The third-order valence-corrected chi connectivity index (χ3v) is 16.2. The van der Waals surface area contributed by atoms with E-state index in [1.54, 1.807) is 30.3 Å². The van der Waals surface area contributed by atoms with E-state index in [4.69, 9.17) is 34.4 Å². The summed E-state index contributed by atoms with van der Waals surface area (Å²) in [6, 6.07) is -4.82. The lowest BCUT2D eigenvalue weighted by Crippen LogP contribution is -2.61. The van der Waals surface area contributed by atoms with Crippen LogP contribution in [0.3, 0.4) is 0 Å². The molecule has 1 aliphatic heterocycles. The Bertz CT molecular complexity index is 2210. The number of hydrogen-bond donors (Lipinski definition) is 17. The van der Waals surface area contributed by atoms with E-state index in [1.165, 1.54) is 6.92 Å². The van der Waals surface area contributed by atoms with Crippen LogP contribution in [0.1, 0.15) is 129 Å². The third kappa shape index (κ3) is 29.0. The second kappa shape index (κ2) is 42.2. The van der Waals surface area contributed by atoms with Gasteiger partial charge in [0.25, 0.3) is 0 Å². The first-order valence-electron chi connectivity index (χ1n) is 29.3. The second-order valence-corrected chi connectivity index (χ2v) is 24.0. The number of hydrogen-bond acceptors (Lipinski definition) is 19. The van der Waals surface area contributed by atoms with Crippen LogP contribution in [-0.2, 0) is 54.4 Å². The van der Waals surface area contributed by atoms with E-state index in [1.807, 2.05) is 13.8 Å². The predicted octanol–water partition coefficient (Wildman–Crippen LogP) is -2.53. The fourth-order valence-corrected chi connectivity index (χ4v) is 11.2. The Morgan fingerprint density at radius 2 is 0.988 bits per heavy atom. The SMILES string of the molecule is CC(C)CC1NC(=O)C(Cc2ccccc2)NC(=O)C(CCCCN)NC(=O)C(NC(=O)C(CCCCN)NC(=O)C(NC(=O)C(N)CCCCN)C(C)O)CSSCC(C(=O)O)NC(=O)C(CCCCN)NC(=O)C(CCCCN)NC1=O. The summed E-state index contributed by atoms with van der Waals surface area (Å²) in [5.74, 6) is -9.57. The number of carbonyl (C=O) groups excluding carboxylic acids is 9. The van der Waals surface area contributed by atoms with Gasteiger partial charge in [-0.3, -0.25) is 43.2 Å². The number of carboxylic acid groups (broad SMARTS) is 1. The first-order valence-corrected chi connectivity index (χ1v) is 31.8. The Labute approximate surface area is 501 Å². The van der Waals surface area contributed by atoms with E-state index in [9.17, 15) is 58.2 Å². The molecule has 0 radical (unpaired) electrons. The molecule has 23 N–H and O–H groups in total. The van der Waals surface area contributed by atoms with Gasteiger partial charge >= 0.3 is 5.97 Å². The summed E-state index contributed by atoms with van der Waals surface area (Å²) >= 11 is 0. The summed E-state index contributed by atoms with van der Waals surface area (Å²) in [4.78, 5) is 141. The van der Waals surface area contributed by atoms with Crippen LogP contribution >= 0.6 is 21.6 Å². The number of benzene rings is 1. The minimum absolute atomic E-state index is 0.00287. The van der Waals surface area contributed by atoms with Crippen molar-refractivity contribution in [3.05, 3.63) is 35.9 Å². The molecule has 1 aliphatic rings. The zero-order valence-electron chi connectivity index (χ0n) is 49.0. The highest BCUT2D eigenvalue weighted by Gasteiger charge is 2.37. The van der Waals surface area contributed by atoms with Crippen molar-refractivity contribution in [1.29, 1.82) is 0 Å². The van der Waals surface area contributed by atoms with Crippen LogP contribution in [0.15, 0.2) is 30.3 Å². The van der Waals surface area contributed by atoms with Gasteiger partial charge in [0.05, 0.1) is 12.1 Å². The fourth-order valence-electron chi connectivity index (χ4n) is 8.87. The van der Waals surface area contributed by atoms with Crippen molar-refractivity contribution >= 4 is 80.7 Å². The lowest BCUT2D eigenvalue weighted by atomic mass is 9.99. The van der Waals surface area contributed by atoms with Gasteiger partial charge in [-0.1, -0.05) is 72.2 Å². The summed E-state index contributed by atoms with van der Waals surface area (Å²) in [5.41, 5.74) is 35.5. The van der Waals surface area contributed by atoms with Crippen LogP contribution in [0.2, 0.25) is 0 Å². The third-order valence-electron chi connectivity index (χ3n) is 13.7. The maximum Gasteiger partial charge on any atom is 0.327 e. The molecule has 1 fully saturated rings. The fraction of sp³-hybridized carbons (Fsp3) is 0.709. The highest BCUT2D eigenvalue weighted by molar-refractivity contribution is 8.76. The smallest absolute Gasteiger partial charge is 0.327 e. The van der Waals surface area contributed by atoms with Crippen molar-refractivity contribution < 1.29 is 58.2 Å². The molecule has 0 bridgehead atoms. The molecule has 1 heterocycles. The van der Waals surface area contributed by atoms with Gasteiger partial charge in [0.15, 0.2) is 0 Å². The number of unbranched alkanes of at least 4 members (excludes halogenated alkanes) is 5. The maximum absolute atomic E-state index is 14.7. The Morgan fingerprint density at radius 3 is 1.49 bits per heavy atom. The highest BCUT2D eigenvalue weighted by atomic mass is 33.1. The molecule has 2 rings (SSSR count). The molecule has 0 aliphatic carbocycles. The zero-order chi connectivity index (χ0) is 62.6. The number of nitrogens with two attached hydrogens (primary N) is 6. The van der Waals surface area contributed by atoms with Gasteiger partial charge in [0.1, 0.15) is 54.4 Å². The molecule has 0 spiro atoms. The Morgan fingerprint density at radius 1 is 0.548 bits per heavy atom. The first kappa shape index (κ1) is 74.4. The maximum atomic E-state index is 14.7. The zero-order valence-corrected chi connectivity index (χ0v) is 50.7. The molecule has 11 atom stereocenters. The Balaban J connectivity index is 2.81. The van der Waals surface area contributed by atoms with Crippen molar-refractivity contribution in [2.45, 2.75) is 196 Å². The molecule has 0 saturated carbocycles. The molecular formula is C55H97N15O12S2. The number of rotatable bonds is 32. The number of amides is 9. The van der Waals surface area contributed by atoms with Gasteiger partial charge < -0.3 is 92.5 Å². The van der Waals surface area contributed by atoms with Crippen LogP contribution in [0.25, 0.3) is 0 Å². The normalized spacial score (nSPS) is 22.3. The minimum atomic E-state index is -1.57. The van der Waals surface area contributed by atoms with Gasteiger partial charge in [-0.05, 0) is 147 Å². The van der Waals surface area contributed by atoms with E-state index in [0.717, 1.165) is 21.6 Å². The molecule has 1 aromatic carbocycles. The van der Waals surface area contributed by atoms with Crippen LogP contribution in [0, 0.1) is 5.92 Å². The molecular weight excluding hydrogens is 1130 g/mol. The van der Waals surface area contributed by atoms with Crippen molar-refractivity contribution in [1.82, 2.24) is 47.9 Å². The summed E-state index contributed by atoms with van der Waals surface area (Å²) in [6.07, 6.45) is 3.17. The molecule has 476 valence electrons. The van der Waals surface area contributed by atoms with E-state index >= 15 is 0 Å². The summed E-state index contributed by atoms with van der Waals surface area (Å²) in [5, 5.41) is 45.1. The van der Waals surface area contributed by atoms with Gasteiger partial charge in [-0.25, -0.2) is 4.79 Å². The number of carboxylic acids is 1. The van der Waals surface area contributed by atoms with Gasteiger partial charge in [0.2, 0.25) is 53.2 Å². The predicted molar refractivity (Wildman–Crippen MR) is 324 cm³/mol. The summed E-state index contributed by atoms with van der Waals surface area (Å²) in [7, 11) is 1.86. The monoisotopic (exact) mass is 1220 g/mol. The number of carbonyl (C=O) groups is 10.